The van der Waals surface area contributed by atoms with Crippen LogP contribution in [0.25, 0.3) is 0 Å². The van der Waals surface area contributed by atoms with Crippen LogP contribution in [0.5, 0.6) is 0 Å². The van der Waals surface area contributed by atoms with Crippen molar-refractivity contribution in [3.63, 3.8) is 0 Å². The molecule has 228 valence electrons. The first-order chi connectivity index (χ1) is 18.0. The van der Waals surface area contributed by atoms with Gasteiger partial charge >= 0.3 is 7.82 Å². The Morgan fingerprint density at radius 2 is 1.29 bits per heavy atom. The lowest BCUT2D eigenvalue weighted by molar-refractivity contribution is -0.870. The van der Waals surface area contributed by atoms with Crippen molar-refractivity contribution in [1.82, 2.24) is 4.90 Å². The maximum atomic E-state index is 12.5. The number of phosphoric acid groups is 1. The minimum Gasteiger partial charge on any atom is -0.379 e. The van der Waals surface area contributed by atoms with Crippen LogP contribution >= 0.6 is 7.82 Å². The number of phosphoric ester groups is 1. The summed E-state index contributed by atoms with van der Waals surface area (Å²) in [5.41, 5.74) is 0. The quantitative estimate of drug-likeness (QED) is 0.0659. The Morgan fingerprint density at radius 3 is 1.76 bits per heavy atom. The average molecular weight is 566 g/mol. The normalized spacial score (nSPS) is 14.4. The number of carbonyl (C=O) groups is 1. The third-order valence-electron chi connectivity index (χ3n) is 6.72. The fourth-order valence-electron chi connectivity index (χ4n) is 4.25. The summed E-state index contributed by atoms with van der Waals surface area (Å²) in [4.78, 5) is 23.3. The standard InChI is InChI=1S/C29H61N2O6P/c1-7-8-9-10-11-12-13-14-15-16-17-18-19-21-24-35-27-29(26-30(3)28(2)32)37-38(33,34)36-25-22-20-23-31(4,5)6/h29H,7-27H2,1-6H3/p+1. The van der Waals surface area contributed by atoms with E-state index in [0.29, 0.717) is 13.0 Å². The number of ether oxygens (including phenoxy) is 1. The molecule has 2 unspecified atom stereocenters. The lowest BCUT2D eigenvalue weighted by atomic mass is 10.0. The second kappa shape index (κ2) is 23.2. The fourth-order valence-corrected chi connectivity index (χ4v) is 5.18. The lowest BCUT2D eigenvalue weighted by Crippen LogP contribution is -2.36. The molecule has 0 fully saturated rings. The van der Waals surface area contributed by atoms with E-state index in [4.69, 9.17) is 13.8 Å². The molecule has 0 heterocycles. The maximum Gasteiger partial charge on any atom is 0.472 e. The monoisotopic (exact) mass is 565 g/mol. The van der Waals surface area contributed by atoms with Crippen molar-refractivity contribution in [3.8, 4) is 0 Å². The molecule has 2 atom stereocenters. The summed E-state index contributed by atoms with van der Waals surface area (Å²) in [6.07, 6.45) is 19.1. The van der Waals surface area contributed by atoms with Crippen LogP contribution in [0, 0.1) is 0 Å². The molecular formula is C29H62N2O6P+. The number of hydrogen-bond acceptors (Lipinski definition) is 5. The van der Waals surface area contributed by atoms with Crippen LogP contribution in [-0.4, -0.2) is 87.4 Å². The molecule has 9 heteroatoms. The molecule has 1 amide bonds. The number of quaternary nitrogens is 1. The Labute approximate surface area is 235 Å². The Balaban J connectivity index is 4.03. The molecule has 0 radical (unpaired) electrons. The van der Waals surface area contributed by atoms with Crippen LogP contribution in [0.1, 0.15) is 117 Å². The minimum absolute atomic E-state index is 0.139. The highest BCUT2D eigenvalue weighted by Gasteiger charge is 2.28. The largest absolute Gasteiger partial charge is 0.472 e. The van der Waals surface area contributed by atoms with Crippen molar-refractivity contribution >= 4 is 13.7 Å². The van der Waals surface area contributed by atoms with Gasteiger partial charge in [-0.15, -0.1) is 0 Å². The number of unbranched alkanes of at least 4 members (excludes halogenated alkanes) is 14. The fraction of sp³-hybridized carbons (Fsp3) is 0.966. The summed E-state index contributed by atoms with van der Waals surface area (Å²) in [6, 6.07) is 0. The first-order valence-corrected chi connectivity index (χ1v) is 16.7. The van der Waals surface area contributed by atoms with Gasteiger partial charge in [0.05, 0.1) is 40.9 Å². The van der Waals surface area contributed by atoms with Crippen molar-refractivity contribution < 1.29 is 32.5 Å². The summed E-state index contributed by atoms with van der Waals surface area (Å²) in [7, 11) is 3.73. The van der Waals surface area contributed by atoms with Crippen molar-refractivity contribution in [2.75, 3.05) is 61.1 Å². The molecular weight excluding hydrogens is 503 g/mol. The van der Waals surface area contributed by atoms with Crippen molar-refractivity contribution in [1.29, 1.82) is 0 Å². The van der Waals surface area contributed by atoms with Gasteiger partial charge in [0.1, 0.15) is 6.10 Å². The van der Waals surface area contributed by atoms with E-state index in [1.54, 1.807) is 7.05 Å². The van der Waals surface area contributed by atoms with Gasteiger partial charge < -0.3 is 19.0 Å². The van der Waals surface area contributed by atoms with Gasteiger partial charge in [0.15, 0.2) is 0 Å². The number of rotatable bonds is 27. The Bertz CT molecular complexity index is 614. The highest BCUT2D eigenvalue weighted by atomic mass is 31.2. The van der Waals surface area contributed by atoms with Crippen LogP contribution in [-0.2, 0) is 23.1 Å². The minimum atomic E-state index is -4.23. The van der Waals surface area contributed by atoms with Crippen LogP contribution in [0.3, 0.4) is 0 Å². The second-order valence-corrected chi connectivity index (χ2v) is 13.2. The molecule has 8 nitrogen and oxygen atoms in total. The van der Waals surface area contributed by atoms with E-state index in [1.807, 2.05) is 0 Å². The van der Waals surface area contributed by atoms with Gasteiger partial charge in [-0.3, -0.25) is 13.8 Å². The van der Waals surface area contributed by atoms with Crippen LogP contribution < -0.4 is 0 Å². The van der Waals surface area contributed by atoms with Crippen LogP contribution in [0.4, 0.5) is 0 Å². The number of nitrogens with zero attached hydrogens (tertiary/aromatic N) is 2. The van der Waals surface area contributed by atoms with E-state index in [-0.39, 0.29) is 25.7 Å². The van der Waals surface area contributed by atoms with E-state index in [1.165, 1.54) is 88.9 Å². The van der Waals surface area contributed by atoms with Crippen molar-refractivity contribution in [3.05, 3.63) is 0 Å². The molecule has 1 N–H and O–H groups in total. The third kappa shape index (κ3) is 25.8. The van der Waals surface area contributed by atoms with E-state index >= 15 is 0 Å². The number of carbonyl (C=O) groups excluding carboxylic acids is 1. The van der Waals surface area contributed by atoms with E-state index in [2.05, 4.69) is 28.1 Å². The summed E-state index contributed by atoms with van der Waals surface area (Å²) in [6.45, 7) is 5.72. The number of hydrogen-bond donors (Lipinski definition) is 1. The second-order valence-electron chi connectivity index (χ2n) is 11.8. The summed E-state index contributed by atoms with van der Waals surface area (Å²) < 4.78 is 29.6. The first-order valence-electron chi connectivity index (χ1n) is 15.2. The highest BCUT2D eigenvalue weighted by Crippen LogP contribution is 2.44. The molecule has 0 aliphatic carbocycles. The topological polar surface area (TPSA) is 85.3 Å². The number of likely N-dealkylation sites (N-methyl/N-ethyl adjacent to an activating group) is 1. The first kappa shape index (κ1) is 37.5. The molecule has 0 saturated heterocycles. The molecule has 0 aliphatic heterocycles. The highest BCUT2D eigenvalue weighted by molar-refractivity contribution is 7.47. The third-order valence-corrected chi connectivity index (χ3v) is 7.79. The maximum absolute atomic E-state index is 12.5. The van der Waals surface area contributed by atoms with Gasteiger partial charge in [-0.1, -0.05) is 90.4 Å². The van der Waals surface area contributed by atoms with E-state index in [0.717, 1.165) is 30.3 Å². The number of amides is 1. The van der Waals surface area contributed by atoms with Crippen molar-refractivity contribution in [2.45, 2.75) is 123 Å². The van der Waals surface area contributed by atoms with Crippen LogP contribution in [0.15, 0.2) is 0 Å². The molecule has 0 aliphatic rings. The predicted molar refractivity (Wildman–Crippen MR) is 157 cm³/mol. The molecule has 0 saturated carbocycles. The lowest BCUT2D eigenvalue weighted by Gasteiger charge is -2.25. The summed E-state index contributed by atoms with van der Waals surface area (Å²) >= 11 is 0. The van der Waals surface area contributed by atoms with Crippen molar-refractivity contribution in [2.24, 2.45) is 0 Å². The zero-order valence-corrected chi connectivity index (χ0v) is 26.7. The molecule has 0 bridgehead atoms. The Kier molecular flexibility index (Phi) is 22.9. The molecule has 0 aromatic heterocycles. The molecule has 0 rings (SSSR count). The molecule has 0 aromatic rings. The molecule has 0 spiro atoms. The SMILES string of the molecule is CCCCCCCCCCCCCCCCOCC(CN(C)C(C)=O)OP(=O)(O)OCCCC[N+](C)(C)C. The Morgan fingerprint density at radius 1 is 0.816 bits per heavy atom. The zero-order chi connectivity index (χ0) is 28.7. The summed E-state index contributed by atoms with van der Waals surface area (Å²) in [5.74, 6) is -0.139. The molecule has 38 heavy (non-hydrogen) atoms. The van der Waals surface area contributed by atoms with Crippen LogP contribution in [0.2, 0.25) is 0 Å². The van der Waals surface area contributed by atoms with Gasteiger partial charge in [-0.25, -0.2) is 4.57 Å². The molecule has 0 aromatic carbocycles. The summed E-state index contributed by atoms with van der Waals surface area (Å²) in [5, 5.41) is 0. The van der Waals surface area contributed by atoms with Gasteiger partial charge in [0, 0.05) is 27.1 Å². The van der Waals surface area contributed by atoms with E-state index in [9.17, 15) is 14.3 Å². The zero-order valence-electron chi connectivity index (χ0n) is 25.8. The van der Waals surface area contributed by atoms with Gasteiger partial charge in [0.25, 0.3) is 0 Å². The van der Waals surface area contributed by atoms with E-state index < -0.39 is 13.9 Å². The smallest absolute Gasteiger partial charge is 0.379 e. The predicted octanol–water partition coefficient (Wildman–Crippen LogP) is 6.95. The van der Waals surface area contributed by atoms with Gasteiger partial charge in [0.2, 0.25) is 5.91 Å². The van der Waals surface area contributed by atoms with Gasteiger partial charge in [-0.2, -0.15) is 0 Å². The average Bonchev–Trinajstić information content (AvgIpc) is 2.82. The Hall–Kier alpha value is -0.500. The van der Waals surface area contributed by atoms with Gasteiger partial charge in [-0.05, 0) is 19.3 Å².